The van der Waals surface area contributed by atoms with Gasteiger partial charge in [0, 0.05) is 42.9 Å². The first-order chi connectivity index (χ1) is 14.3. The van der Waals surface area contributed by atoms with Crippen molar-refractivity contribution in [3.05, 3.63) is 66.6 Å². The van der Waals surface area contributed by atoms with E-state index in [0.29, 0.717) is 6.54 Å². The molecule has 0 aliphatic heterocycles. The summed E-state index contributed by atoms with van der Waals surface area (Å²) in [5, 5.41) is 2.78. The average Bonchev–Trinajstić information content (AvgIpc) is 2.64. The van der Waals surface area contributed by atoms with Crippen molar-refractivity contribution in [1.82, 2.24) is 10.2 Å². The van der Waals surface area contributed by atoms with Gasteiger partial charge < -0.3 is 10.2 Å². The van der Waals surface area contributed by atoms with Crippen molar-refractivity contribution in [2.24, 2.45) is 0 Å². The third-order valence-electron chi connectivity index (χ3n) is 4.33. The zero-order chi connectivity index (χ0) is 24.3. The molecule has 172 valence electrons. The van der Waals surface area contributed by atoms with Crippen LogP contribution in [0.4, 0.5) is 0 Å². The van der Waals surface area contributed by atoms with Gasteiger partial charge in [0.05, 0.1) is 0 Å². The quantitative estimate of drug-likeness (QED) is 0.417. The van der Waals surface area contributed by atoms with E-state index in [-0.39, 0.29) is 11.1 Å². The lowest BCUT2D eigenvalue weighted by atomic mass is 10.1. The van der Waals surface area contributed by atoms with Crippen molar-refractivity contribution in [2.45, 2.75) is 54.6 Å². The molecule has 0 radical (unpaired) electrons. The van der Waals surface area contributed by atoms with Gasteiger partial charge in [-0.3, -0.25) is 9.59 Å². The van der Waals surface area contributed by atoms with E-state index in [1.165, 1.54) is 44.8 Å². The number of carbonyl (C=O) groups excluding carboxylic acids is 2. The minimum absolute atomic E-state index is 0.0909. The smallest absolute Gasteiger partial charge is 0.219 e. The fourth-order valence-corrected chi connectivity index (χ4v) is 3.31. The Morgan fingerprint density at radius 3 is 1.48 bits per heavy atom. The Labute approximate surface area is 209 Å². The zero-order valence-corrected chi connectivity index (χ0v) is 23.5. The Balaban J connectivity index is 0.000000504. The van der Waals surface area contributed by atoms with Gasteiger partial charge >= 0.3 is 0 Å². The van der Waals surface area contributed by atoms with Gasteiger partial charge in [0.15, 0.2) is 0 Å². The van der Waals surface area contributed by atoms with Gasteiger partial charge in [-0.05, 0) is 79.7 Å². The van der Waals surface area contributed by atoms with E-state index < -0.39 is 0 Å². The second kappa shape index (κ2) is 14.8. The first-order valence-corrected chi connectivity index (χ1v) is 11.8. The third-order valence-corrected chi connectivity index (χ3v) is 6.83. The average molecular weight is 577 g/mol. The normalized spacial score (nSPS) is 9.77. The van der Waals surface area contributed by atoms with Crippen molar-refractivity contribution in [3.63, 3.8) is 0 Å². The lowest BCUT2D eigenvalue weighted by Gasteiger charge is -2.16. The minimum atomic E-state index is -0.361. The molecule has 0 atom stereocenters. The summed E-state index contributed by atoms with van der Waals surface area (Å²) in [7, 11) is 3.78. The number of carbonyl (C=O) groups is 2. The van der Waals surface area contributed by atoms with Gasteiger partial charge in [-0.1, -0.05) is 56.1 Å². The molecule has 31 heavy (non-hydrogen) atoms. The van der Waals surface area contributed by atoms with Crippen LogP contribution in [0.5, 0.6) is 0 Å². The second-order valence-corrected chi connectivity index (χ2v) is 9.58. The van der Waals surface area contributed by atoms with Crippen molar-refractivity contribution >= 4 is 54.6 Å². The van der Waals surface area contributed by atoms with Crippen molar-refractivity contribution < 1.29 is 9.59 Å². The van der Waals surface area contributed by atoms with E-state index in [2.05, 4.69) is 101 Å². The summed E-state index contributed by atoms with van der Waals surface area (Å²) >= 11 is 11.7. The molecule has 0 aromatic heterocycles. The van der Waals surface area contributed by atoms with Crippen molar-refractivity contribution in [1.29, 1.82) is 0 Å². The highest BCUT2D eigenvalue weighted by molar-refractivity contribution is 9.10. The number of nitrogens with zero attached hydrogens (tertiary/aromatic N) is 1. The van der Waals surface area contributed by atoms with Crippen LogP contribution in [0.1, 0.15) is 47.2 Å². The van der Waals surface area contributed by atoms with Crippen LogP contribution in [0, 0.1) is 27.7 Å². The number of aryl methyl sites for hydroxylation is 4. The van der Waals surface area contributed by atoms with Crippen LogP contribution < -0.4 is 5.32 Å². The highest BCUT2D eigenvalue weighted by Gasteiger charge is 2.06. The van der Waals surface area contributed by atoms with Gasteiger partial charge in [0.25, 0.3) is 0 Å². The Kier molecular flexibility index (Phi) is 14.2. The molecule has 2 aromatic carbocycles. The van der Waals surface area contributed by atoms with Crippen LogP contribution in [-0.2, 0) is 22.7 Å². The number of hydrogen-bond acceptors (Lipinski definition) is 3. The monoisotopic (exact) mass is 574 g/mol. The molecule has 1 amide bonds. The van der Waals surface area contributed by atoms with Crippen molar-refractivity contribution in [2.75, 3.05) is 14.1 Å². The highest BCUT2D eigenvalue weighted by atomic mass is 79.9. The summed E-state index contributed by atoms with van der Waals surface area (Å²) in [6, 6.07) is 8.62. The molecule has 0 spiro atoms. The molecule has 0 aliphatic carbocycles. The summed E-state index contributed by atoms with van der Waals surface area (Å²) in [6.45, 7) is 12.9. The molecule has 0 heterocycles. The number of amides is 1. The molecule has 0 fully saturated rings. The number of benzene rings is 2. The second-order valence-electron chi connectivity index (χ2n) is 7.46. The maximum absolute atomic E-state index is 11.1. The van der Waals surface area contributed by atoms with Gasteiger partial charge in [0.2, 0.25) is 11.1 Å². The Bertz CT molecular complexity index is 851. The van der Waals surface area contributed by atoms with E-state index in [4.69, 9.17) is 0 Å². The molecule has 0 saturated carbocycles. The largest absolute Gasteiger partial charge is 0.342 e. The maximum atomic E-state index is 11.1. The first-order valence-electron chi connectivity index (χ1n) is 9.83. The molecule has 2 rings (SSSR count). The molecule has 7 heteroatoms. The summed E-state index contributed by atoms with van der Waals surface area (Å²) in [6.07, 6.45) is 0. The van der Waals surface area contributed by atoms with E-state index in [1.807, 2.05) is 14.1 Å². The van der Waals surface area contributed by atoms with Crippen LogP contribution in [0.25, 0.3) is 0 Å². The number of hydrogen-bond donors (Lipinski definition) is 1. The summed E-state index contributed by atoms with van der Waals surface area (Å²) in [5.41, 5.74) is 7.55. The number of rotatable bonds is 4. The van der Waals surface area contributed by atoms with Crippen LogP contribution in [-0.4, -0.2) is 30.1 Å². The van der Waals surface area contributed by atoms with E-state index in [1.54, 1.807) is 11.8 Å². The first kappa shape index (κ1) is 29.8. The maximum Gasteiger partial charge on any atom is 0.219 e. The van der Waals surface area contributed by atoms with Gasteiger partial charge in [-0.2, -0.15) is 0 Å². The highest BCUT2D eigenvalue weighted by Crippen LogP contribution is 2.23. The molecule has 1 N–H and O–H groups in total. The predicted molar refractivity (Wildman–Crippen MR) is 139 cm³/mol. The SMILES string of the molecule is CC(=O)Cl.CC(=O)N(C)Cc1cc(C)c(Br)c(C)c1.CNCc1cc(C)c(Br)c(C)c1. The molecule has 2 aromatic rings. The summed E-state index contributed by atoms with van der Waals surface area (Å²) in [5.74, 6) is 0.0909. The van der Waals surface area contributed by atoms with Gasteiger partial charge in [-0.25, -0.2) is 0 Å². The summed E-state index contributed by atoms with van der Waals surface area (Å²) < 4.78 is 2.37. The topological polar surface area (TPSA) is 49.4 Å². The molecule has 4 nitrogen and oxygen atoms in total. The Hall–Kier alpha value is -1.21. The summed E-state index contributed by atoms with van der Waals surface area (Å²) in [4.78, 5) is 22.0. The van der Waals surface area contributed by atoms with E-state index >= 15 is 0 Å². The van der Waals surface area contributed by atoms with E-state index in [0.717, 1.165) is 11.0 Å². The van der Waals surface area contributed by atoms with E-state index in [9.17, 15) is 9.59 Å². The number of halogens is 3. The minimum Gasteiger partial charge on any atom is -0.342 e. The molecule has 0 bridgehead atoms. The fourth-order valence-electron chi connectivity index (χ4n) is 2.85. The molecule has 0 aliphatic rings. The van der Waals surface area contributed by atoms with Crippen LogP contribution >= 0.6 is 43.5 Å². The number of nitrogens with one attached hydrogen (secondary N) is 1. The van der Waals surface area contributed by atoms with Crippen LogP contribution in [0.3, 0.4) is 0 Å². The Morgan fingerprint density at radius 1 is 0.871 bits per heavy atom. The van der Waals surface area contributed by atoms with Crippen LogP contribution in [0.2, 0.25) is 0 Å². The lowest BCUT2D eigenvalue weighted by Crippen LogP contribution is -2.23. The molecular weight excluding hydrogens is 544 g/mol. The van der Waals surface area contributed by atoms with Gasteiger partial charge in [0.1, 0.15) is 0 Å². The fraction of sp³-hybridized carbons (Fsp3) is 0.417. The van der Waals surface area contributed by atoms with Gasteiger partial charge in [-0.15, -0.1) is 0 Å². The molecule has 0 unspecified atom stereocenters. The molecule has 0 saturated heterocycles. The standard InChI is InChI=1S/C12H16BrNO.C10H14BrN.C2H3ClO/c1-8-5-11(6-9(2)12(8)13)7-14(4)10(3)15;1-7-4-9(6-12-3)5-8(2)10(7)11;1-2(3)4/h5-6H,7H2,1-4H3;4-5,12H,6H2,1-3H3;1H3. The lowest BCUT2D eigenvalue weighted by molar-refractivity contribution is -0.128. The Morgan fingerprint density at radius 2 is 1.19 bits per heavy atom. The third kappa shape index (κ3) is 11.8. The molecular formula is C24H33Br2ClN2O2. The zero-order valence-electron chi connectivity index (χ0n) is 19.6. The van der Waals surface area contributed by atoms with Crippen molar-refractivity contribution in [3.8, 4) is 0 Å². The predicted octanol–water partition coefficient (Wildman–Crippen LogP) is 6.60. The van der Waals surface area contributed by atoms with Crippen LogP contribution in [0.15, 0.2) is 33.2 Å².